The smallest absolute Gasteiger partial charge is 0.276 e. The van der Waals surface area contributed by atoms with Crippen LogP contribution in [0.4, 0.5) is 0 Å². The highest BCUT2D eigenvalue weighted by Gasteiger charge is 2.30. The van der Waals surface area contributed by atoms with E-state index in [4.69, 9.17) is 9.68 Å². The lowest BCUT2D eigenvalue weighted by atomic mass is 9.90. The van der Waals surface area contributed by atoms with Gasteiger partial charge in [-0.1, -0.05) is 13.8 Å². The van der Waals surface area contributed by atoms with Crippen LogP contribution in [0.1, 0.15) is 39.5 Å². The molecule has 0 radical (unpaired) electrons. The monoisotopic (exact) mass is 264 g/mol. The summed E-state index contributed by atoms with van der Waals surface area (Å²) >= 11 is 0. The summed E-state index contributed by atoms with van der Waals surface area (Å²) in [5.74, 6) is 0.750. The van der Waals surface area contributed by atoms with Gasteiger partial charge in [0.25, 0.3) is 5.91 Å². The van der Waals surface area contributed by atoms with Gasteiger partial charge in [-0.25, -0.2) is 0 Å². The molecule has 1 aromatic heterocycles. The van der Waals surface area contributed by atoms with E-state index in [0.717, 1.165) is 5.76 Å². The number of hydrogen-bond donors (Lipinski definition) is 2. The molecule has 0 aliphatic carbocycles. The summed E-state index contributed by atoms with van der Waals surface area (Å²) in [7, 11) is 0. The van der Waals surface area contributed by atoms with E-state index in [9.17, 15) is 4.79 Å². The zero-order chi connectivity index (χ0) is 14.5. The number of carbonyl (C=O) groups is 1. The van der Waals surface area contributed by atoms with E-state index in [2.05, 4.69) is 11.4 Å². The Morgan fingerprint density at radius 1 is 1.58 bits per heavy atom. The number of carbonyl (C=O) groups excluding carboxylic acids is 1. The first-order valence-electron chi connectivity index (χ1n) is 6.48. The first kappa shape index (κ1) is 15.3. The van der Waals surface area contributed by atoms with Crippen molar-refractivity contribution in [3.8, 4) is 6.07 Å². The fourth-order valence-electron chi connectivity index (χ4n) is 1.59. The van der Waals surface area contributed by atoms with Gasteiger partial charge < -0.3 is 15.1 Å². The quantitative estimate of drug-likeness (QED) is 0.802. The molecule has 5 heteroatoms. The predicted octanol–water partition coefficient (Wildman–Crippen LogP) is 0.958. The van der Waals surface area contributed by atoms with Crippen LogP contribution in [-0.2, 0) is 4.79 Å². The maximum atomic E-state index is 11.9. The van der Waals surface area contributed by atoms with E-state index in [1.54, 1.807) is 13.2 Å². The zero-order valence-electron chi connectivity index (χ0n) is 11.9. The summed E-state index contributed by atoms with van der Waals surface area (Å²) in [6, 6.07) is 5.94. The lowest BCUT2D eigenvalue weighted by Crippen LogP contribution is -2.87. The van der Waals surface area contributed by atoms with Crippen LogP contribution in [0.5, 0.6) is 0 Å². The van der Waals surface area contributed by atoms with Crippen LogP contribution >= 0.6 is 0 Å². The molecular weight excluding hydrogens is 242 g/mol. The maximum absolute atomic E-state index is 11.9. The van der Waals surface area contributed by atoms with Crippen LogP contribution in [0.3, 0.4) is 0 Å². The number of nitrogens with zero attached hydrogens (tertiary/aromatic N) is 1. The van der Waals surface area contributed by atoms with E-state index in [-0.39, 0.29) is 24.4 Å². The number of quaternary nitrogens is 1. The molecule has 0 saturated heterocycles. The summed E-state index contributed by atoms with van der Waals surface area (Å²) in [5, 5.41) is 13.8. The second kappa shape index (κ2) is 6.39. The average molecular weight is 264 g/mol. The summed E-state index contributed by atoms with van der Waals surface area (Å²) in [6.07, 6.45) is 1.62. The van der Waals surface area contributed by atoms with E-state index < -0.39 is 5.54 Å². The highest BCUT2D eigenvalue weighted by molar-refractivity contribution is 5.78. The Morgan fingerprint density at radius 3 is 2.74 bits per heavy atom. The summed E-state index contributed by atoms with van der Waals surface area (Å²) in [6.45, 7) is 7.81. The molecule has 0 aliphatic rings. The van der Waals surface area contributed by atoms with Gasteiger partial charge in [0.05, 0.1) is 12.3 Å². The number of nitriles is 1. The van der Waals surface area contributed by atoms with E-state index in [1.807, 2.05) is 38.2 Å². The van der Waals surface area contributed by atoms with Gasteiger partial charge in [-0.05, 0) is 31.9 Å². The third-order valence-electron chi connectivity index (χ3n) is 3.43. The second-order valence-electron chi connectivity index (χ2n) is 5.26. The first-order chi connectivity index (χ1) is 8.89. The molecule has 0 aliphatic heterocycles. The van der Waals surface area contributed by atoms with Gasteiger partial charge in [0, 0.05) is 0 Å². The minimum absolute atomic E-state index is 0.0592. The van der Waals surface area contributed by atoms with Gasteiger partial charge in [-0.3, -0.25) is 4.79 Å². The number of furan rings is 1. The summed E-state index contributed by atoms with van der Waals surface area (Å²) < 4.78 is 5.27. The third kappa shape index (κ3) is 4.11. The van der Waals surface area contributed by atoms with E-state index >= 15 is 0 Å². The highest BCUT2D eigenvalue weighted by atomic mass is 16.3. The number of amides is 1. The fourth-order valence-corrected chi connectivity index (χ4v) is 1.59. The van der Waals surface area contributed by atoms with E-state index in [0.29, 0.717) is 0 Å². The van der Waals surface area contributed by atoms with Gasteiger partial charge in [0.2, 0.25) is 0 Å². The normalized spacial score (nSPS) is 15.6. The Kier molecular flexibility index (Phi) is 5.13. The zero-order valence-corrected chi connectivity index (χ0v) is 11.9. The minimum atomic E-state index is -0.821. The molecule has 1 aromatic rings. The molecule has 3 N–H and O–H groups in total. The van der Waals surface area contributed by atoms with Crippen molar-refractivity contribution in [3.05, 3.63) is 24.2 Å². The van der Waals surface area contributed by atoms with Crippen molar-refractivity contribution in [1.29, 1.82) is 5.26 Å². The highest BCUT2D eigenvalue weighted by Crippen LogP contribution is 2.14. The van der Waals surface area contributed by atoms with Gasteiger partial charge in [0.1, 0.15) is 11.6 Å². The number of rotatable bonds is 6. The predicted molar refractivity (Wildman–Crippen MR) is 70.9 cm³/mol. The van der Waals surface area contributed by atoms with Gasteiger partial charge in [-0.15, -0.1) is 0 Å². The number of hydrogen-bond acceptors (Lipinski definition) is 3. The van der Waals surface area contributed by atoms with Crippen LogP contribution in [0, 0.1) is 17.2 Å². The van der Waals surface area contributed by atoms with Crippen LogP contribution in [0.25, 0.3) is 0 Å². The molecule has 1 rings (SSSR count). The third-order valence-corrected chi connectivity index (χ3v) is 3.43. The van der Waals surface area contributed by atoms with Crippen molar-refractivity contribution >= 4 is 5.91 Å². The molecule has 1 amide bonds. The Labute approximate surface area is 114 Å². The lowest BCUT2D eigenvalue weighted by molar-refractivity contribution is -0.684. The summed E-state index contributed by atoms with van der Waals surface area (Å²) in [4.78, 5) is 11.9. The number of nitrogens with two attached hydrogens (primary N) is 1. The standard InChI is InChI=1S/C14H21N3O2/c1-10(2)14(4,9-15)17-13(18)8-16-11(3)12-6-5-7-19-12/h5-7,10-11,16H,8H2,1-4H3,(H,17,18)/p+1/t11-,14-/m1/s1. The fraction of sp³-hybridized carbons (Fsp3) is 0.571. The molecule has 0 bridgehead atoms. The molecule has 0 unspecified atom stereocenters. The van der Waals surface area contributed by atoms with Gasteiger partial charge in [0.15, 0.2) is 12.3 Å². The van der Waals surface area contributed by atoms with Gasteiger partial charge in [-0.2, -0.15) is 5.26 Å². The second-order valence-corrected chi connectivity index (χ2v) is 5.26. The molecule has 0 spiro atoms. The first-order valence-corrected chi connectivity index (χ1v) is 6.48. The van der Waals surface area contributed by atoms with Crippen LogP contribution in [0.15, 0.2) is 22.8 Å². The molecule has 5 nitrogen and oxygen atoms in total. The molecule has 1 heterocycles. The molecule has 0 fully saturated rings. The van der Waals surface area contributed by atoms with Crippen molar-refractivity contribution in [2.45, 2.75) is 39.3 Å². The number of nitrogens with one attached hydrogen (secondary N) is 1. The van der Waals surface area contributed by atoms with Crippen molar-refractivity contribution in [2.24, 2.45) is 5.92 Å². The SMILES string of the molecule is CC(C)[C@@](C)(C#N)NC(=O)C[NH2+][C@H](C)c1ccco1. The summed E-state index contributed by atoms with van der Waals surface area (Å²) in [5.41, 5.74) is -0.821. The Morgan fingerprint density at radius 2 is 2.26 bits per heavy atom. The molecule has 0 aromatic carbocycles. The lowest BCUT2D eigenvalue weighted by Gasteiger charge is -2.27. The molecular formula is C14H22N3O2+. The van der Waals surface area contributed by atoms with Crippen LogP contribution in [0.2, 0.25) is 0 Å². The Bertz CT molecular complexity index is 448. The van der Waals surface area contributed by atoms with Crippen LogP contribution < -0.4 is 10.6 Å². The van der Waals surface area contributed by atoms with Gasteiger partial charge >= 0.3 is 0 Å². The maximum Gasteiger partial charge on any atom is 0.276 e. The van der Waals surface area contributed by atoms with Crippen molar-refractivity contribution in [2.75, 3.05) is 6.54 Å². The van der Waals surface area contributed by atoms with Crippen molar-refractivity contribution in [1.82, 2.24) is 5.32 Å². The average Bonchev–Trinajstić information content (AvgIpc) is 2.89. The molecule has 19 heavy (non-hydrogen) atoms. The Hall–Kier alpha value is -1.80. The molecule has 2 atom stereocenters. The van der Waals surface area contributed by atoms with Crippen molar-refractivity contribution in [3.63, 3.8) is 0 Å². The molecule has 104 valence electrons. The molecule has 0 saturated carbocycles. The van der Waals surface area contributed by atoms with Crippen molar-refractivity contribution < 1.29 is 14.5 Å². The topological polar surface area (TPSA) is 82.6 Å². The van der Waals surface area contributed by atoms with E-state index in [1.165, 1.54) is 0 Å². The van der Waals surface area contributed by atoms with Crippen LogP contribution in [-0.4, -0.2) is 18.0 Å². The Balaban J connectivity index is 2.46. The largest absolute Gasteiger partial charge is 0.463 e. The minimum Gasteiger partial charge on any atom is -0.463 e.